The van der Waals surface area contributed by atoms with Crippen LogP contribution in [0.25, 0.3) is 0 Å². The van der Waals surface area contributed by atoms with Crippen molar-refractivity contribution in [2.24, 2.45) is 0 Å². The number of amides is 2. The van der Waals surface area contributed by atoms with Gasteiger partial charge in [0.15, 0.2) is 0 Å². The fraction of sp³-hybridized carbons (Fsp3) is 0.278. The van der Waals surface area contributed by atoms with Gasteiger partial charge in [0, 0.05) is 36.4 Å². The Bertz CT molecular complexity index is 813. The van der Waals surface area contributed by atoms with Gasteiger partial charge in [0.2, 0.25) is 0 Å². The highest BCUT2D eigenvalue weighted by molar-refractivity contribution is 6.08. The molecule has 1 saturated heterocycles. The van der Waals surface area contributed by atoms with Gasteiger partial charge in [-0.3, -0.25) is 9.59 Å². The molecular weight excluding hydrogens is 306 g/mol. The molecule has 6 nitrogen and oxygen atoms in total. The van der Waals surface area contributed by atoms with E-state index in [9.17, 15) is 9.59 Å². The Kier molecular flexibility index (Phi) is 3.74. The van der Waals surface area contributed by atoms with Crippen LogP contribution in [0.3, 0.4) is 0 Å². The summed E-state index contributed by atoms with van der Waals surface area (Å²) in [6.07, 6.45) is 2.68. The summed E-state index contributed by atoms with van der Waals surface area (Å²) in [5.41, 5.74) is 2.92. The Balaban J connectivity index is 1.57. The molecule has 4 rings (SSSR count). The van der Waals surface area contributed by atoms with Crippen molar-refractivity contribution >= 4 is 17.6 Å². The van der Waals surface area contributed by atoms with E-state index in [0.717, 1.165) is 24.2 Å². The molecule has 2 amide bonds. The van der Waals surface area contributed by atoms with Crippen LogP contribution >= 0.6 is 0 Å². The molecule has 1 fully saturated rings. The monoisotopic (exact) mass is 323 g/mol. The smallest absolute Gasteiger partial charge is 0.257 e. The van der Waals surface area contributed by atoms with Crippen LogP contribution in [0.15, 0.2) is 36.5 Å². The molecule has 1 aromatic carbocycles. The van der Waals surface area contributed by atoms with Crippen molar-refractivity contribution in [3.05, 3.63) is 58.8 Å². The number of anilines is 1. The van der Waals surface area contributed by atoms with Gasteiger partial charge in [-0.15, -0.1) is 0 Å². The van der Waals surface area contributed by atoms with E-state index < -0.39 is 0 Å². The highest BCUT2D eigenvalue weighted by Gasteiger charge is 2.24. The zero-order valence-corrected chi connectivity index (χ0v) is 13.0. The Morgan fingerprint density at radius 2 is 2.25 bits per heavy atom. The van der Waals surface area contributed by atoms with Gasteiger partial charge in [-0.05, 0) is 41.8 Å². The molecule has 122 valence electrons. The molecule has 24 heavy (non-hydrogen) atoms. The van der Waals surface area contributed by atoms with Crippen molar-refractivity contribution in [3.8, 4) is 0 Å². The Morgan fingerprint density at radius 3 is 3.08 bits per heavy atom. The van der Waals surface area contributed by atoms with Gasteiger partial charge in [-0.1, -0.05) is 6.07 Å². The molecule has 2 aromatic rings. The van der Waals surface area contributed by atoms with Gasteiger partial charge in [-0.2, -0.15) is 0 Å². The first-order valence-electron chi connectivity index (χ1n) is 7.97. The SMILES string of the molecule is O=C1NCc2c1cccc2C(=O)Nc1cc(C2CCOC2)ccn1. The molecule has 0 radical (unpaired) electrons. The predicted octanol–water partition coefficient (Wildman–Crippen LogP) is 2.08. The summed E-state index contributed by atoms with van der Waals surface area (Å²) in [5.74, 6) is 0.474. The number of hydrogen-bond donors (Lipinski definition) is 2. The zero-order valence-electron chi connectivity index (χ0n) is 13.0. The summed E-state index contributed by atoms with van der Waals surface area (Å²) in [6.45, 7) is 1.86. The van der Waals surface area contributed by atoms with Crippen molar-refractivity contribution in [2.75, 3.05) is 18.5 Å². The van der Waals surface area contributed by atoms with E-state index in [1.165, 1.54) is 0 Å². The first-order chi connectivity index (χ1) is 11.7. The van der Waals surface area contributed by atoms with Crippen LogP contribution in [0, 0.1) is 0 Å². The van der Waals surface area contributed by atoms with Crippen LogP contribution in [0.4, 0.5) is 5.82 Å². The molecule has 1 unspecified atom stereocenters. The van der Waals surface area contributed by atoms with E-state index in [-0.39, 0.29) is 11.8 Å². The number of benzene rings is 1. The van der Waals surface area contributed by atoms with Crippen LogP contribution in [-0.4, -0.2) is 30.0 Å². The lowest BCUT2D eigenvalue weighted by atomic mass is 9.99. The first kappa shape index (κ1) is 14.8. The topological polar surface area (TPSA) is 80.3 Å². The second-order valence-electron chi connectivity index (χ2n) is 6.00. The Hall–Kier alpha value is -2.73. The molecule has 3 heterocycles. The number of aromatic nitrogens is 1. The second kappa shape index (κ2) is 6.05. The largest absolute Gasteiger partial charge is 0.381 e. The van der Waals surface area contributed by atoms with Crippen LogP contribution in [0.2, 0.25) is 0 Å². The predicted molar refractivity (Wildman–Crippen MR) is 88.0 cm³/mol. The molecule has 2 N–H and O–H groups in total. The highest BCUT2D eigenvalue weighted by atomic mass is 16.5. The summed E-state index contributed by atoms with van der Waals surface area (Å²) >= 11 is 0. The van der Waals surface area contributed by atoms with Crippen molar-refractivity contribution < 1.29 is 14.3 Å². The molecule has 1 atom stereocenters. The minimum Gasteiger partial charge on any atom is -0.381 e. The number of carbonyl (C=O) groups is 2. The molecule has 2 aliphatic rings. The van der Waals surface area contributed by atoms with Gasteiger partial charge in [0.1, 0.15) is 5.82 Å². The number of hydrogen-bond acceptors (Lipinski definition) is 4. The van der Waals surface area contributed by atoms with E-state index >= 15 is 0 Å². The van der Waals surface area contributed by atoms with Crippen molar-refractivity contribution in [1.29, 1.82) is 0 Å². The molecule has 2 aliphatic heterocycles. The van der Waals surface area contributed by atoms with Gasteiger partial charge in [-0.25, -0.2) is 4.98 Å². The van der Waals surface area contributed by atoms with Crippen LogP contribution in [-0.2, 0) is 11.3 Å². The minimum atomic E-state index is -0.254. The van der Waals surface area contributed by atoms with Gasteiger partial charge >= 0.3 is 0 Å². The maximum atomic E-state index is 12.6. The average Bonchev–Trinajstić information content (AvgIpc) is 3.25. The molecule has 0 aliphatic carbocycles. The van der Waals surface area contributed by atoms with Gasteiger partial charge in [0.05, 0.1) is 6.61 Å². The minimum absolute atomic E-state index is 0.138. The summed E-state index contributed by atoms with van der Waals surface area (Å²) in [4.78, 5) is 28.6. The summed E-state index contributed by atoms with van der Waals surface area (Å²) in [7, 11) is 0. The van der Waals surface area contributed by atoms with Crippen LogP contribution in [0.5, 0.6) is 0 Å². The summed E-state index contributed by atoms with van der Waals surface area (Å²) < 4.78 is 5.42. The van der Waals surface area contributed by atoms with Crippen molar-refractivity contribution in [2.45, 2.75) is 18.9 Å². The third-order valence-electron chi connectivity index (χ3n) is 4.52. The van der Waals surface area contributed by atoms with Gasteiger partial charge in [0.25, 0.3) is 11.8 Å². The second-order valence-corrected chi connectivity index (χ2v) is 6.00. The molecule has 0 spiro atoms. The number of nitrogens with zero attached hydrogens (tertiary/aromatic N) is 1. The Labute approximate surface area is 139 Å². The number of carbonyl (C=O) groups excluding carboxylic acids is 2. The number of fused-ring (bicyclic) bond motifs is 1. The number of nitrogens with one attached hydrogen (secondary N) is 2. The van der Waals surface area contributed by atoms with E-state index in [2.05, 4.69) is 15.6 Å². The third kappa shape index (κ3) is 2.65. The van der Waals surface area contributed by atoms with Gasteiger partial charge < -0.3 is 15.4 Å². The molecular formula is C18H17N3O3. The average molecular weight is 323 g/mol. The summed E-state index contributed by atoms with van der Waals surface area (Å²) in [6, 6.07) is 9.02. The van der Waals surface area contributed by atoms with Crippen LogP contribution < -0.4 is 10.6 Å². The van der Waals surface area contributed by atoms with Crippen molar-refractivity contribution in [1.82, 2.24) is 10.3 Å². The van der Waals surface area contributed by atoms with Crippen LogP contribution in [0.1, 0.15) is 44.2 Å². The number of rotatable bonds is 3. The highest BCUT2D eigenvalue weighted by Crippen LogP contribution is 2.26. The van der Waals surface area contributed by atoms with Crippen molar-refractivity contribution in [3.63, 3.8) is 0 Å². The lowest BCUT2D eigenvalue weighted by molar-refractivity contribution is 0.0964. The molecule has 0 bridgehead atoms. The maximum Gasteiger partial charge on any atom is 0.257 e. The standard InChI is InChI=1S/C18H17N3O3/c22-17-13-2-1-3-14(15(13)9-20-17)18(23)21-16-8-11(4-6-19-16)12-5-7-24-10-12/h1-4,6,8,12H,5,7,9-10H2,(H,20,22)(H,19,21,23). The van der Waals surface area contributed by atoms with E-state index in [4.69, 9.17) is 4.74 Å². The maximum absolute atomic E-state index is 12.6. The zero-order chi connectivity index (χ0) is 16.5. The van der Waals surface area contributed by atoms with E-state index in [1.54, 1.807) is 24.4 Å². The summed E-state index contributed by atoms with van der Waals surface area (Å²) in [5, 5.41) is 5.58. The molecule has 6 heteroatoms. The number of pyridine rings is 1. The quantitative estimate of drug-likeness (QED) is 0.906. The fourth-order valence-electron chi connectivity index (χ4n) is 3.22. The fourth-order valence-corrected chi connectivity index (χ4v) is 3.22. The van der Waals surface area contributed by atoms with E-state index in [1.807, 2.05) is 12.1 Å². The normalized spacial score (nSPS) is 19.0. The Morgan fingerprint density at radius 1 is 1.33 bits per heavy atom. The lowest BCUT2D eigenvalue weighted by Crippen LogP contribution is -2.16. The van der Waals surface area contributed by atoms with E-state index in [0.29, 0.717) is 36.0 Å². The first-order valence-corrected chi connectivity index (χ1v) is 7.97. The molecule has 1 aromatic heterocycles. The third-order valence-corrected chi connectivity index (χ3v) is 4.52. The molecule has 0 saturated carbocycles. The lowest BCUT2D eigenvalue weighted by Gasteiger charge is -2.11. The number of ether oxygens (including phenoxy) is 1.